The third kappa shape index (κ3) is 2.84. The second kappa shape index (κ2) is 5.30. The van der Waals surface area contributed by atoms with Crippen molar-refractivity contribution in [1.82, 2.24) is 5.32 Å². The second-order valence-electron chi connectivity index (χ2n) is 4.56. The van der Waals surface area contributed by atoms with Gasteiger partial charge in [-0.3, -0.25) is 5.32 Å². The summed E-state index contributed by atoms with van der Waals surface area (Å²) in [7, 11) is 0. The Morgan fingerprint density at radius 1 is 1.12 bits per heavy atom. The maximum atomic E-state index is 6.16. The summed E-state index contributed by atoms with van der Waals surface area (Å²) < 4.78 is 0. The summed E-state index contributed by atoms with van der Waals surface area (Å²) >= 11 is 0. The molecule has 0 radical (unpaired) electrons. The first-order chi connectivity index (χ1) is 8.18. The molecular formula is C15H20N2. The maximum absolute atomic E-state index is 6.16. The van der Waals surface area contributed by atoms with Gasteiger partial charge in [-0.05, 0) is 31.4 Å². The van der Waals surface area contributed by atoms with Crippen LogP contribution in [0, 0.1) is 0 Å². The predicted molar refractivity (Wildman–Crippen MR) is 72.6 cm³/mol. The summed E-state index contributed by atoms with van der Waals surface area (Å²) in [6, 6.07) is 8.38. The van der Waals surface area contributed by atoms with E-state index in [1.54, 1.807) is 0 Å². The minimum absolute atomic E-state index is 0.0814. The molecule has 1 aromatic rings. The number of nitrogens with two attached hydrogens (primary N) is 1. The first-order valence-electron chi connectivity index (χ1n) is 6.09. The quantitative estimate of drug-likeness (QED) is 0.716. The standard InChI is InChI=1S/C15H20N2/c1-11-7-8-13-5-3-4-6-14(13)15(16)17-10-9-12(11)2/h3-7,9,15,17H,8,10,16H2,1-2H3. The molecule has 0 bridgehead atoms. The van der Waals surface area contributed by atoms with Crippen molar-refractivity contribution in [2.75, 3.05) is 6.54 Å². The van der Waals surface area contributed by atoms with Gasteiger partial charge in [-0.1, -0.05) is 47.6 Å². The van der Waals surface area contributed by atoms with Crippen LogP contribution in [-0.2, 0) is 6.42 Å². The molecule has 0 saturated carbocycles. The Bertz CT molecular complexity index is 458. The Balaban J connectivity index is 2.38. The maximum Gasteiger partial charge on any atom is 0.0815 e. The van der Waals surface area contributed by atoms with Crippen LogP contribution in [0.2, 0.25) is 0 Å². The van der Waals surface area contributed by atoms with E-state index in [4.69, 9.17) is 5.73 Å². The molecular weight excluding hydrogens is 208 g/mol. The summed E-state index contributed by atoms with van der Waals surface area (Å²) in [5.41, 5.74) is 11.3. The summed E-state index contributed by atoms with van der Waals surface area (Å²) in [6.07, 6.45) is 5.34. The number of hydrogen-bond donors (Lipinski definition) is 2. The van der Waals surface area contributed by atoms with Gasteiger partial charge in [-0.2, -0.15) is 0 Å². The van der Waals surface area contributed by atoms with E-state index in [0.29, 0.717) is 0 Å². The number of allylic oxidation sites excluding steroid dienone is 3. The summed E-state index contributed by atoms with van der Waals surface area (Å²) in [6.45, 7) is 5.12. The third-order valence-electron chi connectivity index (χ3n) is 3.39. The van der Waals surface area contributed by atoms with Gasteiger partial charge < -0.3 is 5.73 Å². The van der Waals surface area contributed by atoms with Gasteiger partial charge in [0.15, 0.2) is 0 Å². The Kier molecular flexibility index (Phi) is 3.77. The van der Waals surface area contributed by atoms with Crippen molar-refractivity contribution in [3.63, 3.8) is 0 Å². The van der Waals surface area contributed by atoms with Crippen molar-refractivity contribution < 1.29 is 0 Å². The molecule has 0 fully saturated rings. The lowest BCUT2D eigenvalue weighted by molar-refractivity contribution is 0.585. The van der Waals surface area contributed by atoms with E-state index in [-0.39, 0.29) is 6.17 Å². The van der Waals surface area contributed by atoms with Crippen molar-refractivity contribution in [2.45, 2.75) is 26.4 Å². The van der Waals surface area contributed by atoms with Crippen LogP contribution in [0.4, 0.5) is 0 Å². The molecule has 2 nitrogen and oxygen atoms in total. The van der Waals surface area contributed by atoms with Gasteiger partial charge in [0.25, 0.3) is 0 Å². The van der Waals surface area contributed by atoms with E-state index >= 15 is 0 Å². The molecule has 2 heteroatoms. The highest BCUT2D eigenvalue weighted by atomic mass is 15.0. The van der Waals surface area contributed by atoms with Gasteiger partial charge in [0.05, 0.1) is 6.17 Å². The topological polar surface area (TPSA) is 38.0 Å². The minimum atomic E-state index is -0.0814. The number of nitrogens with one attached hydrogen (secondary N) is 1. The zero-order chi connectivity index (χ0) is 12.3. The lowest BCUT2D eigenvalue weighted by Crippen LogP contribution is -2.30. The van der Waals surface area contributed by atoms with Crippen LogP contribution in [-0.4, -0.2) is 6.54 Å². The highest BCUT2D eigenvalue weighted by molar-refractivity contribution is 5.35. The Morgan fingerprint density at radius 3 is 2.65 bits per heavy atom. The Morgan fingerprint density at radius 2 is 1.82 bits per heavy atom. The van der Waals surface area contributed by atoms with Crippen LogP contribution in [0.1, 0.15) is 31.1 Å². The van der Waals surface area contributed by atoms with Gasteiger partial charge in [-0.25, -0.2) is 0 Å². The highest BCUT2D eigenvalue weighted by Gasteiger charge is 2.10. The molecule has 3 N–H and O–H groups in total. The van der Waals surface area contributed by atoms with Crippen molar-refractivity contribution in [2.24, 2.45) is 5.73 Å². The molecule has 0 amide bonds. The molecule has 0 spiro atoms. The molecule has 1 unspecified atom stereocenters. The van der Waals surface area contributed by atoms with Gasteiger partial charge in [0.2, 0.25) is 0 Å². The second-order valence-corrected chi connectivity index (χ2v) is 4.56. The molecule has 0 saturated heterocycles. The number of hydrogen-bond acceptors (Lipinski definition) is 2. The normalized spacial score (nSPS) is 21.2. The molecule has 17 heavy (non-hydrogen) atoms. The average Bonchev–Trinajstić information content (AvgIpc) is 2.35. The zero-order valence-electron chi connectivity index (χ0n) is 10.5. The zero-order valence-corrected chi connectivity index (χ0v) is 10.5. The summed E-state index contributed by atoms with van der Waals surface area (Å²) in [5.74, 6) is 0. The fraction of sp³-hybridized carbons (Fsp3) is 0.333. The lowest BCUT2D eigenvalue weighted by atomic mass is 9.98. The van der Waals surface area contributed by atoms with Crippen LogP contribution < -0.4 is 11.1 Å². The lowest BCUT2D eigenvalue weighted by Gasteiger charge is -2.18. The van der Waals surface area contributed by atoms with E-state index in [1.165, 1.54) is 22.3 Å². The third-order valence-corrected chi connectivity index (χ3v) is 3.39. The van der Waals surface area contributed by atoms with Gasteiger partial charge in [0, 0.05) is 6.54 Å². The summed E-state index contributed by atoms with van der Waals surface area (Å²) in [4.78, 5) is 0. The smallest absolute Gasteiger partial charge is 0.0815 e. The van der Waals surface area contributed by atoms with Crippen LogP contribution >= 0.6 is 0 Å². The minimum Gasteiger partial charge on any atom is -0.312 e. The molecule has 2 rings (SSSR count). The summed E-state index contributed by atoms with van der Waals surface area (Å²) in [5, 5.41) is 3.33. The first kappa shape index (κ1) is 12.1. The fourth-order valence-electron chi connectivity index (χ4n) is 2.06. The largest absolute Gasteiger partial charge is 0.312 e. The molecule has 1 atom stereocenters. The molecule has 1 heterocycles. The number of fused-ring (bicyclic) bond motifs is 1. The van der Waals surface area contributed by atoms with Crippen molar-refractivity contribution in [3.05, 3.63) is 58.7 Å². The van der Waals surface area contributed by atoms with Gasteiger partial charge in [0.1, 0.15) is 0 Å². The Hall–Kier alpha value is -1.38. The number of rotatable bonds is 0. The molecule has 1 aliphatic rings. The van der Waals surface area contributed by atoms with Gasteiger partial charge in [-0.15, -0.1) is 0 Å². The van der Waals surface area contributed by atoms with Crippen molar-refractivity contribution in [1.29, 1.82) is 0 Å². The van der Waals surface area contributed by atoms with Crippen molar-refractivity contribution >= 4 is 0 Å². The predicted octanol–water partition coefficient (Wildman–Crippen LogP) is 2.68. The monoisotopic (exact) mass is 228 g/mol. The average molecular weight is 228 g/mol. The fourth-order valence-corrected chi connectivity index (χ4v) is 2.06. The van der Waals surface area contributed by atoms with E-state index in [1.807, 2.05) is 6.07 Å². The van der Waals surface area contributed by atoms with Crippen molar-refractivity contribution in [3.8, 4) is 0 Å². The van der Waals surface area contributed by atoms with E-state index < -0.39 is 0 Å². The molecule has 90 valence electrons. The van der Waals surface area contributed by atoms with Gasteiger partial charge >= 0.3 is 0 Å². The highest BCUT2D eigenvalue weighted by Crippen LogP contribution is 2.18. The molecule has 1 aromatic carbocycles. The molecule has 0 aromatic heterocycles. The molecule has 1 aliphatic heterocycles. The first-order valence-corrected chi connectivity index (χ1v) is 6.09. The van der Waals surface area contributed by atoms with Crippen LogP contribution in [0.3, 0.4) is 0 Å². The van der Waals surface area contributed by atoms with Crippen LogP contribution in [0.25, 0.3) is 0 Å². The molecule has 0 aliphatic carbocycles. The SMILES string of the molecule is CC1=CCNC(N)c2ccccc2CC=C1C. The van der Waals surface area contributed by atoms with E-state index in [9.17, 15) is 0 Å². The van der Waals surface area contributed by atoms with Crippen LogP contribution in [0.15, 0.2) is 47.6 Å². The Labute approximate surface area is 103 Å². The van der Waals surface area contributed by atoms with E-state index in [2.05, 4.69) is 49.5 Å². The number of benzene rings is 1. The van der Waals surface area contributed by atoms with Crippen LogP contribution in [0.5, 0.6) is 0 Å². The van der Waals surface area contributed by atoms with E-state index in [0.717, 1.165) is 13.0 Å².